The molecule has 14 heteroatoms. The number of sulfonamides is 1. The summed E-state index contributed by atoms with van der Waals surface area (Å²) in [6, 6.07) is 8.44. The van der Waals surface area contributed by atoms with Gasteiger partial charge in [-0.1, -0.05) is 6.07 Å². The van der Waals surface area contributed by atoms with E-state index in [0.29, 0.717) is 33.2 Å². The summed E-state index contributed by atoms with van der Waals surface area (Å²) in [5, 5.41) is 6.59. The molecule has 0 aliphatic heterocycles. The molecule has 0 spiro atoms. The van der Waals surface area contributed by atoms with Crippen molar-refractivity contribution in [1.29, 1.82) is 0 Å². The molecule has 0 saturated carbocycles. The van der Waals surface area contributed by atoms with Crippen molar-refractivity contribution in [2.45, 2.75) is 31.7 Å². The van der Waals surface area contributed by atoms with E-state index < -0.39 is 20.9 Å². The van der Waals surface area contributed by atoms with Gasteiger partial charge in [0.2, 0.25) is 21.8 Å². The van der Waals surface area contributed by atoms with Crippen LogP contribution in [0.1, 0.15) is 25.4 Å². The number of furan rings is 1. The molecule has 3 aromatic heterocycles. The topological polar surface area (TPSA) is 134 Å². The maximum atomic E-state index is 15.8. The summed E-state index contributed by atoms with van der Waals surface area (Å²) in [5.74, 6) is 1.26. The Morgan fingerprint density at radius 3 is 2.27 bits per heavy atom. The molecule has 0 amide bonds. The lowest BCUT2D eigenvalue weighted by atomic mass is 10.0. The number of methoxy groups -OCH3 is 2. The van der Waals surface area contributed by atoms with Crippen molar-refractivity contribution in [2.75, 3.05) is 18.9 Å². The molecule has 1 N–H and O–H groups in total. The SMILES string of the molecule is COc1cccc(OC)c1-n1c(NS(=O)(=O)[C@H](C)C(C)(F)c2ncc(Br)cn2)nnc1-c1ccc(C)o1. The molecule has 2 atom stereocenters. The Labute approximate surface area is 221 Å². The average molecular weight is 595 g/mol. The van der Waals surface area contributed by atoms with Gasteiger partial charge in [-0.15, -0.1) is 10.2 Å². The van der Waals surface area contributed by atoms with Crippen molar-refractivity contribution < 1.29 is 26.7 Å². The third-order valence-electron chi connectivity index (χ3n) is 5.77. The summed E-state index contributed by atoms with van der Waals surface area (Å²) in [4.78, 5) is 7.89. The smallest absolute Gasteiger partial charge is 0.243 e. The van der Waals surface area contributed by atoms with Crippen molar-refractivity contribution in [1.82, 2.24) is 24.7 Å². The van der Waals surface area contributed by atoms with Crippen molar-refractivity contribution in [3.63, 3.8) is 0 Å². The number of nitrogens with zero attached hydrogens (tertiary/aromatic N) is 5. The molecule has 196 valence electrons. The molecule has 4 rings (SSSR count). The van der Waals surface area contributed by atoms with Crippen LogP contribution in [-0.4, -0.2) is 52.6 Å². The second-order valence-corrected chi connectivity index (χ2v) is 11.1. The van der Waals surface area contributed by atoms with Gasteiger partial charge in [-0.3, -0.25) is 9.29 Å². The number of aryl methyl sites for hydroxylation is 1. The molecule has 0 radical (unpaired) electrons. The van der Waals surface area contributed by atoms with Crippen molar-refractivity contribution in [3.8, 4) is 28.8 Å². The van der Waals surface area contributed by atoms with E-state index in [4.69, 9.17) is 13.9 Å². The first kappa shape index (κ1) is 26.5. The monoisotopic (exact) mass is 594 g/mol. The minimum atomic E-state index is -4.41. The van der Waals surface area contributed by atoms with Crippen molar-refractivity contribution >= 4 is 31.9 Å². The van der Waals surface area contributed by atoms with Gasteiger partial charge in [0.15, 0.2) is 17.3 Å². The van der Waals surface area contributed by atoms with Crippen LogP contribution in [0.25, 0.3) is 17.3 Å². The molecule has 0 aliphatic carbocycles. The van der Waals surface area contributed by atoms with E-state index in [-0.39, 0.29) is 17.6 Å². The summed E-state index contributed by atoms with van der Waals surface area (Å²) in [5.41, 5.74) is -2.13. The van der Waals surface area contributed by atoms with Crippen LogP contribution in [0.4, 0.5) is 10.3 Å². The number of anilines is 1. The minimum Gasteiger partial charge on any atom is -0.494 e. The molecular weight excluding hydrogens is 571 g/mol. The van der Waals surface area contributed by atoms with Gasteiger partial charge in [-0.25, -0.2) is 22.8 Å². The maximum absolute atomic E-state index is 15.8. The summed E-state index contributed by atoms with van der Waals surface area (Å²) in [6.07, 6.45) is 2.68. The third kappa shape index (κ3) is 5.03. The van der Waals surface area contributed by atoms with Crippen LogP contribution >= 0.6 is 15.9 Å². The molecule has 1 unspecified atom stereocenters. The molecule has 0 saturated heterocycles. The van der Waals surface area contributed by atoms with E-state index in [1.807, 2.05) is 0 Å². The summed E-state index contributed by atoms with van der Waals surface area (Å²) in [6.45, 7) is 4.07. The summed E-state index contributed by atoms with van der Waals surface area (Å²) in [7, 11) is -1.50. The fourth-order valence-electron chi connectivity index (χ4n) is 3.58. The van der Waals surface area contributed by atoms with Crippen LogP contribution < -0.4 is 14.2 Å². The van der Waals surface area contributed by atoms with E-state index in [1.54, 1.807) is 37.3 Å². The number of alkyl halides is 1. The highest BCUT2D eigenvalue weighted by Gasteiger charge is 2.45. The van der Waals surface area contributed by atoms with E-state index in [9.17, 15) is 8.42 Å². The molecule has 4 aromatic rings. The van der Waals surface area contributed by atoms with E-state index in [2.05, 4.69) is 40.8 Å². The molecule has 0 aliphatic rings. The fraction of sp³-hybridized carbons (Fsp3) is 0.304. The molecule has 0 bridgehead atoms. The van der Waals surface area contributed by atoms with Crippen LogP contribution in [0, 0.1) is 6.92 Å². The highest BCUT2D eigenvalue weighted by atomic mass is 79.9. The molecule has 11 nitrogen and oxygen atoms in total. The predicted molar refractivity (Wildman–Crippen MR) is 137 cm³/mol. The number of ether oxygens (including phenoxy) is 2. The van der Waals surface area contributed by atoms with E-state index >= 15 is 4.39 Å². The van der Waals surface area contributed by atoms with Crippen molar-refractivity contribution in [2.24, 2.45) is 0 Å². The van der Waals surface area contributed by atoms with Gasteiger partial charge in [-0.05, 0) is 61.0 Å². The molecule has 3 heterocycles. The van der Waals surface area contributed by atoms with Crippen molar-refractivity contribution in [3.05, 3.63) is 58.8 Å². The van der Waals surface area contributed by atoms with Crippen LogP contribution in [0.5, 0.6) is 11.5 Å². The molecule has 1 aromatic carbocycles. The first-order valence-corrected chi connectivity index (χ1v) is 13.3. The Hall–Kier alpha value is -3.52. The normalized spacial score (nSPS) is 14.1. The Bertz CT molecular complexity index is 1500. The maximum Gasteiger partial charge on any atom is 0.243 e. The van der Waals surface area contributed by atoms with Gasteiger partial charge < -0.3 is 13.9 Å². The lowest BCUT2D eigenvalue weighted by molar-refractivity contribution is 0.175. The Kier molecular flexibility index (Phi) is 7.24. The first-order valence-electron chi connectivity index (χ1n) is 10.9. The van der Waals surface area contributed by atoms with Crippen LogP contribution in [0.3, 0.4) is 0 Å². The Morgan fingerprint density at radius 2 is 1.73 bits per heavy atom. The largest absolute Gasteiger partial charge is 0.494 e. The number of para-hydroxylation sites is 1. The number of rotatable bonds is 9. The van der Waals surface area contributed by atoms with Gasteiger partial charge in [0.1, 0.15) is 28.2 Å². The van der Waals surface area contributed by atoms with Gasteiger partial charge >= 0.3 is 0 Å². The summed E-state index contributed by atoms with van der Waals surface area (Å²) < 4.78 is 63.8. The Balaban J connectivity index is 1.84. The number of nitrogens with one attached hydrogen (secondary N) is 1. The lowest BCUT2D eigenvalue weighted by Gasteiger charge is -2.26. The van der Waals surface area contributed by atoms with Gasteiger partial charge in [0.05, 0.1) is 18.7 Å². The standard InChI is InChI=1S/C23H24BrFN6O5S/c1-13-9-10-18(36-13)20-28-29-22(31(20)19-16(34-4)7-6-8-17(19)35-5)30-37(32,33)14(2)23(3,25)21-26-11-15(24)12-27-21/h6-12,14H,1-5H3,(H,29,30)/t14-,23?/m1/s1. The second-order valence-electron chi connectivity index (χ2n) is 8.19. The zero-order chi connectivity index (χ0) is 27.0. The van der Waals surface area contributed by atoms with E-state index in [1.165, 1.54) is 38.1 Å². The van der Waals surface area contributed by atoms with Crippen LogP contribution in [-0.2, 0) is 15.7 Å². The number of hydrogen-bond donors (Lipinski definition) is 1. The molecule has 0 fully saturated rings. The highest BCUT2D eigenvalue weighted by molar-refractivity contribution is 9.10. The number of halogens is 2. The third-order valence-corrected chi connectivity index (χ3v) is 8.02. The lowest BCUT2D eigenvalue weighted by Crippen LogP contribution is -2.41. The quantitative estimate of drug-likeness (QED) is 0.298. The summed E-state index contributed by atoms with van der Waals surface area (Å²) >= 11 is 3.19. The fourth-order valence-corrected chi connectivity index (χ4v) is 5.04. The minimum absolute atomic E-state index is 0.167. The van der Waals surface area contributed by atoms with Gasteiger partial charge in [0.25, 0.3) is 0 Å². The first-order chi connectivity index (χ1) is 17.5. The Morgan fingerprint density at radius 1 is 1.11 bits per heavy atom. The van der Waals surface area contributed by atoms with E-state index in [0.717, 1.165) is 6.92 Å². The predicted octanol–water partition coefficient (Wildman–Crippen LogP) is 4.42. The number of hydrogen-bond acceptors (Lipinski definition) is 9. The number of benzene rings is 1. The molecule has 37 heavy (non-hydrogen) atoms. The second kappa shape index (κ2) is 10.1. The van der Waals surface area contributed by atoms with Gasteiger partial charge in [0, 0.05) is 12.4 Å². The number of aromatic nitrogens is 5. The van der Waals surface area contributed by atoms with Crippen LogP contribution in [0.2, 0.25) is 0 Å². The zero-order valence-electron chi connectivity index (χ0n) is 20.6. The average Bonchev–Trinajstić information content (AvgIpc) is 3.48. The molecular formula is C23H24BrFN6O5S. The highest BCUT2D eigenvalue weighted by Crippen LogP contribution is 2.39. The van der Waals surface area contributed by atoms with Gasteiger partial charge in [-0.2, -0.15) is 0 Å². The zero-order valence-corrected chi connectivity index (χ0v) is 23.0. The van der Waals surface area contributed by atoms with Crippen LogP contribution in [0.15, 0.2) is 51.6 Å².